The molecule has 0 saturated carbocycles. The smallest absolute Gasteiger partial charge is 0.241 e. The van der Waals surface area contributed by atoms with Gasteiger partial charge in [0.15, 0.2) is 15.1 Å². The first kappa shape index (κ1) is 25.1. The number of halogens is 1. The molecule has 2 heterocycles. The number of aromatic nitrogens is 3. The van der Waals surface area contributed by atoms with Crippen molar-refractivity contribution in [1.82, 2.24) is 19.9 Å². The Hall–Kier alpha value is -3.52. The summed E-state index contributed by atoms with van der Waals surface area (Å²) in [6.45, 7) is -0.266. The number of thiol groups is 1. The number of fused-ring (bicyclic) bond motifs is 1. The maximum absolute atomic E-state index is 13.7. The van der Waals surface area contributed by atoms with Crippen LogP contribution in [0.3, 0.4) is 0 Å². The molecule has 0 amide bonds. The highest BCUT2D eigenvalue weighted by Gasteiger charge is 2.37. The third kappa shape index (κ3) is 5.74. The van der Waals surface area contributed by atoms with Gasteiger partial charge in [-0.15, -0.1) is 21.5 Å². The maximum atomic E-state index is 13.7. The molecule has 3 aromatic carbocycles. The molecule has 0 aliphatic carbocycles. The zero-order valence-corrected chi connectivity index (χ0v) is 21.5. The lowest BCUT2D eigenvalue weighted by atomic mass is 10.1. The first-order valence-electron chi connectivity index (χ1n) is 10.9. The van der Waals surface area contributed by atoms with Gasteiger partial charge in [-0.3, -0.25) is 0 Å². The van der Waals surface area contributed by atoms with Gasteiger partial charge in [0.05, 0.1) is 22.5 Å². The highest BCUT2D eigenvalue weighted by Crippen LogP contribution is 2.38. The van der Waals surface area contributed by atoms with Gasteiger partial charge < -0.3 is 4.42 Å². The van der Waals surface area contributed by atoms with Crippen molar-refractivity contribution in [1.29, 1.82) is 0 Å². The summed E-state index contributed by atoms with van der Waals surface area (Å²) in [5.74, 6) is -0.912. The largest absolute Gasteiger partial charge is 0.422 e. The Kier molecular flexibility index (Phi) is 7.11. The summed E-state index contributed by atoms with van der Waals surface area (Å²) in [6, 6.07) is 20.2. The van der Waals surface area contributed by atoms with Crippen LogP contribution in [0, 0.1) is 5.82 Å². The lowest BCUT2D eigenvalue weighted by Gasteiger charge is -2.12. The van der Waals surface area contributed by atoms with Crippen LogP contribution in [0.2, 0.25) is 0 Å². The Morgan fingerprint density at radius 2 is 1.70 bits per heavy atom. The molecule has 0 spiro atoms. The fraction of sp³-hybridized carbons (Fsp3) is 0.125. The second-order valence-electron chi connectivity index (χ2n) is 8.04. The number of thiazole rings is 1. The van der Waals surface area contributed by atoms with E-state index >= 15 is 0 Å². The second-order valence-corrected chi connectivity index (χ2v) is 12.0. The summed E-state index contributed by atoms with van der Waals surface area (Å²) in [6.07, 6.45) is 0. The van der Waals surface area contributed by atoms with Gasteiger partial charge in [-0.05, 0) is 41.0 Å². The van der Waals surface area contributed by atoms with Crippen LogP contribution in [-0.2, 0) is 33.0 Å². The summed E-state index contributed by atoms with van der Waals surface area (Å²) < 4.78 is 70.8. The van der Waals surface area contributed by atoms with E-state index in [0.29, 0.717) is 11.1 Å². The molecular formula is C24H19FN4O5S3. The van der Waals surface area contributed by atoms with Crippen molar-refractivity contribution >= 4 is 42.3 Å². The number of hydrogen-bond donors (Lipinski definition) is 2. The van der Waals surface area contributed by atoms with E-state index in [-0.39, 0.29) is 34.9 Å². The Bertz CT molecular complexity index is 1730. The van der Waals surface area contributed by atoms with Crippen LogP contribution in [0.5, 0.6) is 0 Å². The fourth-order valence-electron chi connectivity index (χ4n) is 3.76. The van der Waals surface area contributed by atoms with E-state index in [4.69, 9.17) is 4.42 Å². The molecule has 5 aromatic rings. The quantitative estimate of drug-likeness (QED) is 0.261. The lowest BCUT2D eigenvalue weighted by molar-refractivity contribution is 0.444. The highest BCUT2D eigenvalue weighted by molar-refractivity contribution is 7.91. The number of sulfone groups is 1. The van der Waals surface area contributed by atoms with E-state index in [2.05, 4.69) is 19.9 Å². The summed E-state index contributed by atoms with van der Waals surface area (Å²) in [4.78, 5) is 4.57. The molecule has 9 nitrogen and oxygen atoms in total. The molecule has 0 radical (unpaired) electrons. The lowest BCUT2D eigenvalue weighted by Crippen LogP contribution is -2.17. The average Bonchev–Trinajstić information content (AvgIpc) is 3.50. The van der Waals surface area contributed by atoms with Gasteiger partial charge in [0.2, 0.25) is 22.7 Å². The van der Waals surface area contributed by atoms with E-state index in [1.54, 1.807) is 48.5 Å². The monoisotopic (exact) mass is 558 g/mol. The molecule has 0 aliphatic rings. The predicted molar refractivity (Wildman–Crippen MR) is 137 cm³/mol. The molecule has 190 valence electrons. The van der Waals surface area contributed by atoms with E-state index in [1.165, 1.54) is 23.5 Å². The molecule has 1 atom stereocenters. The Morgan fingerprint density at radius 3 is 2.43 bits per heavy atom. The maximum Gasteiger partial charge on any atom is 0.241 e. The molecule has 2 aromatic heterocycles. The van der Waals surface area contributed by atoms with Crippen LogP contribution in [0.15, 0.2) is 77.2 Å². The normalized spacial score (nSPS) is 12.8. The minimum Gasteiger partial charge on any atom is -0.422 e. The highest BCUT2D eigenvalue weighted by atomic mass is 32.2. The molecule has 0 fully saturated rings. The standard InChI is InChI=1S/C24H19FN4O5S3/c25-18-9-6-16(7-10-18)17-8-11-19-20(12-17)35-24(27-19)22(23-29-28-21(34-23)13-26-36(30)31)37(32,33)14-15-4-2-1-3-5-15/h1-12,22,36H,13-14H2,(H,26,30,31). The molecule has 1 unspecified atom stereocenters. The van der Waals surface area contributed by atoms with Gasteiger partial charge in [-0.1, -0.05) is 48.5 Å². The van der Waals surface area contributed by atoms with Crippen LogP contribution in [-0.4, -0.2) is 32.0 Å². The van der Waals surface area contributed by atoms with Crippen molar-refractivity contribution in [3.8, 4) is 11.1 Å². The fourth-order valence-corrected chi connectivity index (χ4v) is 7.17. The Balaban J connectivity index is 1.56. The molecule has 0 saturated heterocycles. The van der Waals surface area contributed by atoms with Gasteiger partial charge in [0.25, 0.3) is 0 Å². The molecular weight excluding hydrogens is 539 g/mol. The van der Waals surface area contributed by atoms with Crippen molar-refractivity contribution in [3.63, 3.8) is 0 Å². The molecule has 0 aliphatic heterocycles. The molecule has 37 heavy (non-hydrogen) atoms. The van der Waals surface area contributed by atoms with Crippen LogP contribution in [0.1, 0.15) is 27.6 Å². The summed E-state index contributed by atoms with van der Waals surface area (Å²) in [7, 11) is -6.84. The van der Waals surface area contributed by atoms with Crippen molar-refractivity contribution in [3.05, 3.63) is 101 Å². The van der Waals surface area contributed by atoms with Gasteiger partial charge in [-0.2, -0.15) is 0 Å². The minimum atomic E-state index is -3.94. The van der Waals surface area contributed by atoms with Crippen LogP contribution >= 0.6 is 11.3 Å². The predicted octanol–water partition coefficient (Wildman–Crippen LogP) is 3.81. The van der Waals surface area contributed by atoms with E-state index in [9.17, 15) is 21.2 Å². The molecule has 0 bridgehead atoms. The summed E-state index contributed by atoms with van der Waals surface area (Å²) in [5, 5.41) is 6.60. The number of rotatable bonds is 9. The Labute approximate surface area is 217 Å². The van der Waals surface area contributed by atoms with Crippen LogP contribution < -0.4 is 4.72 Å². The summed E-state index contributed by atoms with van der Waals surface area (Å²) in [5.41, 5.74) is 2.79. The van der Waals surface area contributed by atoms with Crippen molar-refractivity contribution in [2.75, 3.05) is 0 Å². The third-order valence-corrected chi connectivity index (χ3v) is 8.97. The van der Waals surface area contributed by atoms with Gasteiger partial charge in [0, 0.05) is 0 Å². The Morgan fingerprint density at radius 1 is 0.973 bits per heavy atom. The number of hydrogen-bond acceptors (Lipinski definition) is 9. The number of benzene rings is 3. The SMILES string of the molecule is O=[SH](=O)NCc1nnc(C(c2nc3ccc(-c4ccc(F)cc4)cc3s2)S(=O)(=O)Cc2ccccc2)o1. The van der Waals surface area contributed by atoms with Gasteiger partial charge >= 0.3 is 0 Å². The van der Waals surface area contributed by atoms with Crippen LogP contribution in [0.4, 0.5) is 4.39 Å². The van der Waals surface area contributed by atoms with Gasteiger partial charge in [-0.25, -0.2) is 30.9 Å². The number of nitrogens with zero attached hydrogens (tertiary/aromatic N) is 3. The van der Waals surface area contributed by atoms with E-state index in [0.717, 1.165) is 15.8 Å². The molecule has 1 N–H and O–H groups in total. The topological polar surface area (TPSA) is 132 Å². The third-order valence-electron chi connectivity index (χ3n) is 5.44. The van der Waals surface area contributed by atoms with E-state index < -0.39 is 26.0 Å². The van der Waals surface area contributed by atoms with E-state index in [1.807, 2.05) is 12.1 Å². The molecule has 5 rings (SSSR count). The summed E-state index contributed by atoms with van der Waals surface area (Å²) >= 11 is 1.17. The van der Waals surface area contributed by atoms with Crippen LogP contribution in [0.25, 0.3) is 21.3 Å². The van der Waals surface area contributed by atoms with Crippen molar-refractivity contribution in [2.45, 2.75) is 17.5 Å². The zero-order chi connectivity index (χ0) is 26.0. The second kappa shape index (κ2) is 10.5. The first-order chi connectivity index (χ1) is 17.8. The van der Waals surface area contributed by atoms with Crippen molar-refractivity contribution in [2.24, 2.45) is 0 Å². The minimum absolute atomic E-state index is 0.0752. The molecule has 13 heteroatoms. The van der Waals surface area contributed by atoms with Crippen molar-refractivity contribution < 1.29 is 25.6 Å². The zero-order valence-electron chi connectivity index (χ0n) is 18.9. The number of nitrogens with one attached hydrogen (secondary N) is 1. The van der Waals surface area contributed by atoms with Gasteiger partial charge in [0.1, 0.15) is 10.8 Å². The first-order valence-corrected chi connectivity index (χ1v) is 14.6. The average molecular weight is 559 g/mol.